The number of imide groups is 1. The van der Waals surface area contributed by atoms with Gasteiger partial charge >= 0.3 is 0 Å². The second-order valence-corrected chi connectivity index (χ2v) is 4.36. The third kappa shape index (κ3) is 3.02. The quantitative estimate of drug-likeness (QED) is 0.680. The molecule has 0 aliphatic carbocycles. The summed E-state index contributed by atoms with van der Waals surface area (Å²) in [5.74, 6) is 0.172. The van der Waals surface area contributed by atoms with Crippen molar-refractivity contribution in [1.29, 1.82) is 0 Å². The molecule has 0 saturated carbocycles. The van der Waals surface area contributed by atoms with Crippen molar-refractivity contribution in [2.75, 3.05) is 19.6 Å². The van der Waals surface area contributed by atoms with Crippen LogP contribution in [0.1, 0.15) is 27.2 Å². The van der Waals surface area contributed by atoms with Crippen LogP contribution in [-0.4, -0.2) is 36.3 Å². The van der Waals surface area contributed by atoms with Crippen LogP contribution in [0.15, 0.2) is 0 Å². The number of likely N-dealkylation sites (tertiary alicyclic amines) is 1. The molecule has 86 valence electrons. The summed E-state index contributed by atoms with van der Waals surface area (Å²) in [5, 5.41) is 3.21. The molecule has 1 N–H and O–H groups in total. The average Bonchev–Trinajstić information content (AvgIpc) is 2.42. The molecule has 2 atom stereocenters. The minimum Gasteiger partial charge on any atom is -0.317 e. The van der Waals surface area contributed by atoms with Crippen molar-refractivity contribution in [2.24, 2.45) is 11.8 Å². The Bertz CT molecular complexity index is 253. The minimum absolute atomic E-state index is 0.0108. The molecule has 2 amide bonds. The van der Waals surface area contributed by atoms with Crippen molar-refractivity contribution >= 4 is 11.8 Å². The van der Waals surface area contributed by atoms with Crippen molar-refractivity contribution in [3.05, 3.63) is 0 Å². The number of hydrogen-bond acceptors (Lipinski definition) is 3. The highest BCUT2D eigenvalue weighted by molar-refractivity contribution is 6.03. The van der Waals surface area contributed by atoms with E-state index in [1.54, 1.807) is 0 Å². The first-order valence-electron chi connectivity index (χ1n) is 5.61. The average molecular weight is 212 g/mol. The van der Waals surface area contributed by atoms with E-state index >= 15 is 0 Å². The molecule has 1 heterocycles. The smallest absolute Gasteiger partial charge is 0.232 e. The monoisotopic (exact) mass is 212 g/mol. The second-order valence-electron chi connectivity index (χ2n) is 4.36. The number of carbonyl (C=O) groups excluding carboxylic acids is 2. The zero-order valence-corrected chi connectivity index (χ0v) is 9.75. The maximum Gasteiger partial charge on any atom is 0.232 e. The van der Waals surface area contributed by atoms with Crippen LogP contribution >= 0.6 is 0 Å². The molecule has 0 radical (unpaired) electrons. The van der Waals surface area contributed by atoms with Gasteiger partial charge in [0.25, 0.3) is 0 Å². The van der Waals surface area contributed by atoms with Crippen LogP contribution in [0.25, 0.3) is 0 Å². The SMILES string of the molecule is CCNCC(C)CN1C(=O)CC(C)C1=O. The summed E-state index contributed by atoms with van der Waals surface area (Å²) < 4.78 is 0. The fourth-order valence-corrected chi connectivity index (χ4v) is 1.81. The Morgan fingerprint density at radius 3 is 2.67 bits per heavy atom. The molecule has 1 fully saturated rings. The van der Waals surface area contributed by atoms with Crippen LogP contribution in [0, 0.1) is 11.8 Å². The molecule has 4 nitrogen and oxygen atoms in total. The van der Waals surface area contributed by atoms with E-state index in [1.165, 1.54) is 4.90 Å². The van der Waals surface area contributed by atoms with E-state index in [9.17, 15) is 9.59 Å². The van der Waals surface area contributed by atoms with Gasteiger partial charge in [0.15, 0.2) is 0 Å². The Morgan fingerprint density at radius 1 is 1.53 bits per heavy atom. The number of nitrogens with one attached hydrogen (secondary N) is 1. The van der Waals surface area contributed by atoms with E-state index in [-0.39, 0.29) is 17.7 Å². The molecule has 0 aromatic rings. The summed E-state index contributed by atoms with van der Waals surface area (Å²) in [5.41, 5.74) is 0. The number of amides is 2. The van der Waals surface area contributed by atoms with E-state index < -0.39 is 0 Å². The number of hydrogen-bond donors (Lipinski definition) is 1. The van der Waals surface area contributed by atoms with Gasteiger partial charge in [0.1, 0.15) is 0 Å². The Hall–Kier alpha value is -0.900. The molecule has 1 aliphatic heterocycles. The van der Waals surface area contributed by atoms with E-state index in [1.807, 2.05) is 20.8 Å². The van der Waals surface area contributed by atoms with Crippen molar-refractivity contribution in [1.82, 2.24) is 10.2 Å². The summed E-state index contributed by atoms with van der Waals surface area (Å²) in [7, 11) is 0. The zero-order chi connectivity index (χ0) is 11.4. The zero-order valence-electron chi connectivity index (χ0n) is 9.75. The second kappa shape index (κ2) is 5.26. The fraction of sp³-hybridized carbons (Fsp3) is 0.818. The maximum atomic E-state index is 11.6. The molecule has 0 spiro atoms. The van der Waals surface area contributed by atoms with Gasteiger partial charge in [-0.3, -0.25) is 14.5 Å². The minimum atomic E-state index is -0.121. The van der Waals surface area contributed by atoms with Crippen molar-refractivity contribution < 1.29 is 9.59 Å². The molecule has 1 saturated heterocycles. The molecule has 0 aromatic heterocycles. The lowest BCUT2D eigenvalue weighted by Gasteiger charge is -2.19. The molecule has 1 aliphatic rings. The van der Waals surface area contributed by atoms with Crippen LogP contribution in [0.4, 0.5) is 0 Å². The first kappa shape index (κ1) is 12.2. The van der Waals surface area contributed by atoms with Crippen LogP contribution < -0.4 is 5.32 Å². The summed E-state index contributed by atoms with van der Waals surface area (Å²) >= 11 is 0. The van der Waals surface area contributed by atoms with Gasteiger partial charge < -0.3 is 5.32 Å². The highest BCUT2D eigenvalue weighted by Gasteiger charge is 2.35. The number of nitrogens with zero attached hydrogens (tertiary/aromatic N) is 1. The van der Waals surface area contributed by atoms with E-state index in [0.717, 1.165) is 13.1 Å². The largest absolute Gasteiger partial charge is 0.317 e. The standard InChI is InChI=1S/C11H20N2O2/c1-4-12-6-8(2)7-13-10(14)5-9(3)11(13)15/h8-9,12H,4-7H2,1-3H3. The Balaban J connectivity index is 2.43. The fourth-order valence-electron chi connectivity index (χ4n) is 1.81. The normalized spacial score (nSPS) is 23.7. The lowest BCUT2D eigenvalue weighted by atomic mass is 10.1. The van der Waals surface area contributed by atoms with Gasteiger partial charge in [0, 0.05) is 18.9 Å². The van der Waals surface area contributed by atoms with Crippen LogP contribution in [-0.2, 0) is 9.59 Å². The summed E-state index contributed by atoms with van der Waals surface area (Å²) in [6, 6.07) is 0. The third-order valence-corrected chi connectivity index (χ3v) is 2.71. The van der Waals surface area contributed by atoms with Crippen LogP contribution in [0.3, 0.4) is 0 Å². The number of carbonyl (C=O) groups is 2. The number of rotatable bonds is 5. The molecule has 0 bridgehead atoms. The lowest BCUT2D eigenvalue weighted by Crippen LogP contribution is -2.37. The molecular formula is C11H20N2O2. The van der Waals surface area contributed by atoms with Gasteiger partial charge in [0.2, 0.25) is 11.8 Å². The Labute approximate surface area is 91.0 Å². The topological polar surface area (TPSA) is 49.4 Å². The first-order valence-corrected chi connectivity index (χ1v) is 5.61. The van der Waals surface area contributed by atoms with E-state index in [2.05, 4.69) is 5.32 Å². The summed E-state index contributed by atoms with van der Waals surface area (Å²) in [6.45, 7) is 8.22. The predicted molar refractivity (Wildman–Crippen MR) is 58.2 cm³/mol. The first-order chi connectivity index (χ1) is 7.06. The summed E-state index contributed by atoms with van der Waals surface area (Å²) in [6.07, 6.45) is 0.382. The van der Waals surface area contributed by atoms with Gasteiger partial charge in [-0.2, -0.15) is 0 Å². The van der Waals surface area contributed by atoms with Crippen molar-refractivity contribution in [3.63, 3.8) is 0 Å². The maximum absolute atomic E-state index is 11.6. The third-order valence-electron chi connectivity index (χ3n) is 2.71. The van der Waals surface area contributed by atoms with Gasteiger partial charge in [-0.1, -0.05) is 20.8 Å². The van der Waals surface area contributed by atoms with Gasteiger partial charge in [-0.25, -0.2) is 0 Å². The Kier molecular flexibility index (Phi) is 4.27. The van der Waals surface area contributed by atoms with Crippen LogP contribution in [0.2, 0.25) is 0 Å². The van der Waals surface area contributed by atoms with Crippen LogP contribution in [0.5, 0.6) is 0 Å². The van der Waals surface area contributed by atoms with E-state index in [4.69, 9.17) is 0 Å². The molecule has 0 aromatic carbocycles. The molecule has 2 unspecified atom stereocenters. The van der Waals surface area contributed by atoms with Gasteiger partial charge in [0.05, 0.1) is 0 Å². The summed E-state index contributed by atoms with van der Waals surface area (Å²) in [4.78, 5) is 24.5. The highest BCUT2D eigenvalue weighted by atomic mass is 16.2. The predicted octanol–water partition coefficient (Wildman–Crippen LogP) is 0.627. The van der Waals surface area contributed by atoms with E-state index in [0.29, 0.717) is 18.9 Å². The molecule has 15 heavy (non-hydrogen) atoms. The van der Waals surface area contributed by atoms with Crippen molar-refractivity contribution in [3.8, 4) is 0 Å². The lowest BCUT2D eigenvalue weighted by molar-refractivity contribution is -0.139. The molecular weight excluding hydrogens is 192 g/mol. The van der Waals surface area contributed by atoms with Crippen molar-refractivity contribution in [2.45, 2.75) is 27.2 Å². The highest BCUT2D eigenvalue weighted by Crippen LogP contribution is 2.19. The van der Waals surface area contributed by atoms with Gasteiger partial charge in [-0.15, -0.1) is 0 Å². The van der Waals surface area contributed by atoms with Gasteiger partial charge in [-0.05, 0) is 19.0 Å². The molecule has 1 rings (SSSR count). The Morgan fingerprint density at radius 2 is 2.20 bits per heavy atom. The molecule has 4 heteroatoms.